The van der Waals surface area contributed by atoms with Crippen molar-refractivity contribution in [3.8, 4) is 0 Å². The highest BCUT2D eigenvalue weighted by molar-refractivity contribution is 5.98. The van der Waals surface area contributed by atoms with E-state index in [9.17, 15) is 9.59 Å². The molecule has 1 aliphatic rings. The Morgan fingerprint density at radius 2 is 1.93 bits per heavy atom. The van der Waals surface area contributed by atoms with Crippen molar-refractivity contribution in [2.24, 2.45) is 0 Å². The predicted octanol–water partition coefficient (Wildman–Crippen LogP) is 1.64. The highest BCUT2D eigenvalue weighted by atomic mass is 35.5. The second-order valence-corrected chi connectivity index (χ2v) is 6.64. The van der Waals surface area contributed by atoms with Gasteiger partial charge in [0.25, 0.3) is 5.91 Å². The Bertz CT molecular complexity index is 770. The number of aromatic nitrogens is 3. The van der Waals surface area contributed by atoms with Gasteiger partial charge in [0.1, 0.15) is 0 Å². The van der Waals surface area contributed by atoms with Crippen LogP contribution in [0.3, 0.4) is 0 Å². The highest BCUT2D eigenvalue weighted by Gasteiger charge is 2.21. The molecule has 3 rings (SSSR count). The number of hydrogen-bond donors (Lipinski definition) is 2. The van der Waals surface area contributed by atoms with Gasteiger partial charge in [-0.3, -0.25) is 9.59 Å². The van der Waals surface area contributed by atoms with Crippen molar-refractivity contribution in [2.75, 3.05) is 32.0 Å². The molecule has 27 heavy (non-hydrogen) atoms. The van der Waals surface area contributed by atoms with E-state index in [0.29, 0.717) is 5.69 Å². The van der Waals surface area contributed by atoms with Crippen molar-refractivity contribution in [1.82, 2.24) is 25.2 Å². The van der Waals surface area contributed by atoms with Gasteiger partial charge in [0, 0.05) is 12.7 Å². The topological polar surface area (TPSA) is 92.2 Å². The number of amides is 2. The standard InChI is InChI=1S/C18H24N6O2.ClH/c1-13-3-5-14(6-4-13)20-17(25)12-23(2)18(26)16-11-24(22-21-16)15-7-9-19-10-8-15;/h3-6,11,15,19H,7-10,12H2,1-2H3,(H,20,25);1H. The molecule has 0 spiro atoms. The summed E-state index contributed by atoms with van der Waals surface area (Å²) in [5.41, 5.74) is 2.08. The van der Waals surface area contributed by atoms with Crippen LogP contribution in [-0.4, -0.2) is 58.4 Å². The molecule has 146 valence electrons. The summed E-state index contributed by atoms with van der Waals surface area (Å²) in [5, 5.41) is 14.2. The number of rotatable bonds is 5. The Labute approximate surface area is 164 Å². The lowest BCUT2D eigenvalue weighted by Gasteiger charge is -2.22. The van der Waals surface area contributed by atoms with Crippen LogP contribution in [0, 0.1) is 6.92 Å². The van der Waals surface area contributed by atoms with Crippen LogP contribution in [0.2, 0.25) is 0 Å². The molecule has 0 unspecified atom stereocenters. The number of carbonyl (C=O) groups is 2. The normalized spacial score (nSPS) is 14.3. The fraction of sp³-hybridized carbons (Fsp3) is 0.444. The first-order valence-electron chi connectivity index (χ1n) is 8.77. The number of benzene rings is 1. The van der Waals surface area contributed by atoms with Gasteiger partial charge >= 0.3 is 0 Å². The summed E-state index contributed by atoms with van der Waals surface area (Å²) in [5.74, 6) is -0.570. The molecule has 0 aliphatic carbocycles. The van der Waals surface area contributed by atoms with E-state index >= 15 is 0 Å². The van der Waals surface area contributed by atoms with Gasteiger partial charge in [0.15, 0.2) is 5.69 Å². The minimum Gasteiger partial charge on any atom is -0.331 e. The number of anilines is 1. The summed E-state index contributed by atoms with van der Waals surface area (Å²) in [6.45, 7) is 3.81. The third kappa shape index (κ3) is 5.51. The number of hydrogen-bond acceptors (Lipinski definition) is 5. The zero-order chi connectivity index (χ0) is 18.5. The maximum atomic E-state index is 12.5. The second-order valence-electron chi connectivity index (χ2n) is 6.64. The molecular weight excluding hydrogens is 368 g/mol. The monoisotopic (exact) mass is 392 g/mol. The maximum Gasteiger partial charge on any atom is 0.276 e. The van der Waals surface area contributed by atoms with Gasteiger partial charge in [0.05, 0.1) is 18.8 Å². The Morgan fingerprint density at radius 3 is 2.59 bits per heavy atom. The average molecular weight is 393 g/mol. The first-order chi connectivity index (χ1) is 12.5. The van der Waals surface area contributed by atoms with Crippen molar-refractivity contribution < 1.29 is 9.59 Å². The zero-order valence-electron chi connectivity index (χ0n) is 15.5. The fourth-order valence-electron chi connectivity index (χ4n) is 2.94. The van der Waals surface area contributed by atoms with Crippen molar-refractivity contribution in [3.63, 3.8) is 0 Å². The number of halogens is 1. The largest absolute Gasteiger partial charge is 0.331 e. The van der Waals surface area contributed by atoms with Crippen LogP contribution < -0.4 is 10.6 Å². The van der Waals surface area contributed by atoms with Crippen molar-refractivity contribution in [3.05, 3.63) is 41.7 Å². The fourth-order valence-corrected chi connectivity index (χ4v) is 2.94. The third-order valence-electron chi connectivity index (χ3n) is 4.48. The van der Waals surface area contributed by atoms with E-state index in [-0.39, 0.29) is 42.5 Å². The molecule has 2 N–H and O–H groups in total. The van der Waals surface area contributed by atoms with E-state index in [1.54, 1.807) is 17.9 Å². The summed E-state index contributed by atoms with van der Waals surface area (Å²) in [6.07, 6.45) is 3.60. The van der Waals surface area contributed by atoms with Gasteiger partial charge in [-0.2, -0.15) is 0 Å². The molecule has 1 aromatic heterocycles. The van der Waals surface area contributed by atoms with Gasteiger partial charge in [0.2, 0.25) is 5.91 Å². The van der Waals surface area contributed by atoms with E-state index in [4.69, 9.17) is 0 Å². The van der Waals surface area contributed by atoms with Crippen LogP contribution >= 0.6 is 12.4 Å². The summed E-state index contributed by atoms with van der Waals surface area (Å²) < 4.78 is 1.76. The number of likely N-dealkylation sites (N-methyl/N-ethyl adjacent to an activating group) is 1. The zero-order valence-corrected chi connectivity index (χ0v) is 16.3. The molecule has 0 bridgehead atoms. The highest BCUT2D eigenvalue weighted by Crippen LogP contribution is 2.17. The maximum absolute atomic E-state index is 12.5. The van der Waals surface area contributed by atoms with Crippen LogP contribution in [0.5, 0.6) is 0 Å². The molecule has 0 atom stereocenters. The summed E-state index contributed by atoms with van der Waals surface area (Å²) in [4.78, 5) is 26.0. The van der Waals surface area contributed by atoms with Crippen LogP contribution in [0.25, 0.3) is 0 Å². The number of aryl methyl sites for hydroxylation is 1. The van der Waals surface area contributed by atoms with Gasteiger partial charge in [-0.05, 0) is 45.0 Å². The third-order valence-corrected chi connectivity index (χ3v) is 4.48. The van der Waals surface area contributed by atoms with Gasteiger partial charge < -0.3 is 15.5 Å². The summed E-state index contributed by atoms with van der Waals surface area (Å²) in [6, 6.07) is 7.77. The summed E-state index contributed by atoms with van der Waals surface area (Å²) >= 11 is 0. The smallest absolute Gasteiger partial charge is 0.276 e. The molecule has 2 heterocycles. The van der Waals surface area contributed by atoms with Crippen LogP contribution in [0.1, 0.15) is 34.9 Å². The van der Waals surface area contributed by atoms with Crippen LogP contribution in [0.15, 0.2) is 30.5 Å². The lowest BCUT2D eigenvalue weighted by Crippen LogP contribution is -2.35. The first kappa shape index (κ1) is 20.9. The molecule has 8 nitrogen and oxygen atoms in total. The molecule has 9 heteroatoms. The molecule has 1 aliphatic heterocycles. The lowest BCUT2D eigenvalue weighted by molar-refractivity contribution is -0.116. The molecule has 2 aromatic rings. The van der Waals surface area contributed by atoms with E-state index in [0.717, 1.165) is 31.5 Å². The minimum absolute atomic E-state index is 0. The Kier molecular flexibility index (Phi) is 7.32. The molecule has 0 radical (unpaired) electrons. The molecule has 1 saturated heterocycles. The van der Waals surface area contributed by atoms with E-state index in [1.165, 1.54) is 4.90 Å². The second kappa shape index (κ2) is 9.48. The molecule has 0 saturated carbocycles. The SMILES string of the molecule is Cc1ccc(NC(=O)CN(C)C(=O)c2cn(C3CCNCC3)nn2)cc1.Cl. The predicted molar refractivity (Wildman–Crippen MR) is 105 cm³/mol. The Balaban J connectivity index is 0.00000261. The van der Waals surface area contributed by atoms with Gasteiger partial charge in [-0.15, -0.1) is 17.5 Å². The van der Waals surface area contributed by atoms with Crippen LogP contribution in [0.4, 0.5) is 5.69 Å². The van der Waals surface area contributed by atoms with E-state index in [1.807, 2.05) is 31.2 Å². The van der Waals surface area contributed by atoms with E-state index < -0.39 is 0 Å². The molecule has 1 fully saturated rings. The van der Waals surface area contributed by atoms with E-state index in [2.05, 4.69) is 20.9 Å². The number of nitrogens with zero attached hydrogens (tertiary/aromatic N) is 4. The van der Waals surface area contributed by atoms with Crippen molar-refractivity contribution >= 4 is 29.9 Å². The Hall–Kier alpha value is -2.45. The van der Waals surface area contributed by atoms with Crippen molar-refractivity contribution in [2.45, 2.75) is 25.8 Å². The number of carbonyl (C=O) groups excluding carboxylic acids is 2. The quantitative estimate of drug-likeness (QED) is 0.807. The van der Waals surface area contributed by atoms with Crippen LogP contribution in [-0.2, 0) is 4.79 Å². The number of piperidine rings is 1. The number of nitrogens with one attached hydrogen (secondary N) is 2. The lowest BCUT2D eigenvalue weighted by atomic mass is 10.1. The average Bonchev–Trinajstić information content (AvgIpc) is 3.14. The van der Waals surface area contributed by atoms with Crippen molar-refractivity contribution in [1.29, 1.82) is 0 Å². The molecular formula is C18H25ClN6O2. The Morgan fingerprint density at radius 1 is 1.26 bits per heavy atom. The molecule has 2 amide bonds. The summed E-state index contributed by atoms with van der Waals surface area (Å²) in [7, 11) is 1.58. The molecule has 1 aromatic carbocycles. The van der Waals surface area contributed by atoms with Gasteiger partial charge in [-0.1, -0.05) is 22.9 Å². The first-order valence-corrected chi connectivity index (χ1v) is 8.77. The van der Waals surface area contributed by atoms with Gasteiger partial charge in [-0.25, -0.2) is 4.68 Å². The minimum atomic E-state index is -0.316.